The van der Waals surface area contributed by atoms with E-state index >= 15 is 0 Å². The van der Waals surface area contributed by atoms with Gasteiger partial charge in [-0.05, 0) is 43.2 Å². The molecule has 4 nitrogen and oxygen atoms in total. The summed E-state index contributed by atoms with van der Waals surface area (Å²) >= 11 is 0. The first-order valence-corrected chi connectivity index (χ1v) is 7.34. The van der Waals surface area contributed by atoms with E-state index in [-0.39, 0.29) is 5.91 Å². The third kappa shape index (κ3) is 2.83. The average Bonchev–Trinajstić information content (AvgIpc) is 2.85. The largest absolute Gasteiger partial charge is 0.283 e. The van der Waals surface area contributed by atoms with Gasteiger partial charge in [-0.1, -0.05) is 42.5 Å². The van der Waals surface area contributed by atoms with Crippen molar-refractivity contribution in [3.63, 3.8) is 0 Å². The molecular weight excluding hydrogens is 288 g/mol. The molecule has 0 unspecified atom stereocenters. The van der Waals surface area contributed by atoms with Gasteiger partial charge in [-0.25, -0.2) is 0 Å². The number of amides is 2. The molecular formula is C19H16N2O2. The summed E-state index contributed by atoms with van der Waals surface area (Å²) in [6, 6.07) is 16.4. The molecule has 1 aliphatic rings. The number of rotatable bonds is 2. The molecule has 0 spiro atoms. The fourth-order valence-corrected chi connectivity index (χ4v) is 2.43. The number of hydrazone groups is 1. The lowest BCUT2D eigenvalue weighted by atomic mass is 10.0. The van der Waals surface area contributed by atoms with E-state index in [1.165, 1.54) is 0 Å². The molecule has 0 fully saturated rings. The van der Waals surface area contributed by atoms with E-state index in [1.807, 2.05) is 37.3 Å². The van der Waals surface area contributed by atoms with Gasteiger partial charge in [0.25, 0.3) is 11.8 Å². The Morgan fingerprint density at radius 1 is 1.00 bits per heavy atom. The quantitative estimate of drug-likeness (QED) is 0.630. The number of aryl methyl sites for hydroxylation is 1. The van der Waals surface area contributed by atoms with Crippen molar-refractivity contribution in [1.29, 1.82) is 0 Å². The predicted molar refractivity (Wildman–Crippen MR) is 89.9 cm³/mol. The Morgan fingerprint density at radius 3 is 2.35 bits per heavy atom. The first-order valence-electron chi connectivity index (χ1n) is 7.34. The van der Waals surface area contributed by atoms with Crippen LogP contribution in [0, 0.1) is 6.92 Å². The lowest BCUT2D eigenvalue weighted by molar-refractivity contribution is -0.123. The molecule has 0 bridgehead atoms. The number of carbonyl (C=O) groups is 2. The van der Waals surface area contributed by atoms with Crippen molar-refractivity contribution in [3.8, 4) is 0 Å². The minimum Gasteiger partial charge on any atom is -0.267 e. The minimum atomic E-state index is -0.414. The van der Waals surface area contributed by atoms with E-state index in [1.54, 1.807) is 37.3 Å². The Balaban J connectivity index is 1.93. The van der Waals surface area contributed by atoms with Gasteiger partial charge in [-0.2, -0.15) is 10.1 Å². The second-order valence-corrected chi connectivity index (χ2v) is 5.39. The maximum atomic E-state index is 12.6. The average molecular weight is 304 g/mol. The number of hydrogen-bond donors (Lipinski definition) is 0. The maximum Gasteiger partial charge on any atom is 0.283 e. The third-order valence-corrected chi connectivity index (χ3v) is 3.76. The highest BCUT2D eigenvalue weighted by Crippen LogP contribution is 2.21. The lowest BCUT2D eigenvalue weighted by Gasteiger charge is -2.09. The number of benzene rings is 2. The highest BCUT2D eigenvalue weighted by Gasteiger charge is 2.32. The third-order valence-electron chi connectivity index (χ3n) is 3.76. The van der Waals surface area contributed by atoms with Crippen LogP contribution in [0.4, 0.5) is 0 Å². The van der Waals surface area contributed by atoms with Gasteiger partial charge in [0.05, 0.1) is 11.3 Å². The Kier molecular flexibility index (Phi) is 3.89. The minimum absolute atomic E-state index is 0.389. The summed E-state index contributed by atoms with van der Waals surface area (Å²) in [7, 11) is 0. The molecule has 2 aromatic carbocycles. The van der Waals surface area contributed by atoms with Crippen LogP contribution in [0.3, 0.4) is 0 Å². The van der Waals surface area contributed by atoms with E-state index in [0.717, 1.165) is 16.1 Å². The van der Waals surface area contributed by atoms with Crippen LogP contribution in [0.25, 0.3) is 6.08 Å². The first kappa shape index (κ1) is 14.9. The van der Waals surface area contributed by atoms with Crippen molar-refractivity contribution in [3.05, 3.63) is 76.9 Å². The molecule has 0 saturated carbocycles. The van der Waals surface area contributed by atoms with Crippen LogP contribution in [0.5, 0.6) is 0 Å². The summed E-state index contributed by atoms with van der Waals surface area (Å²) < 4.78 is 0. The fraction of sp³-hybridized carbons (Fsp3) is 0.105. The first-order chi connectivity index (χ1) is 11.1. The summed E-state index contributed by atoms with van der Waals surface area (Å²) in [6.45, 7) is 3.71. The molecule has 1 aliphatic heterocycles. The van der Waals surface area contributed by atoms with Crippen LogP contribution in [-0.4, -0.2) is 22.5 Å². The monoisotopic (exact) mass is 304 g/mol. The van der Waals surface area contributed by atoms with Crippen molar-refractivity contribution in [2.45, 2.75) is 13.8 Å². The molecule has 0 radical (unpaired) electrons. The Labute approximate surface area is 134 Å². The van der Waals surface area contributed by atoms with Crippen molar-refractivity contribution in [2.24, 2.45) is 5.10 Å². The van der Waals surface area contributed by atoms with Crippen LogP contribution in [0.2, 0.25) is 0 Å². The van der Waals surface area contributed by atoms with E-state index < -0.39 is 5.91 Å². The number of nitrogens with zero attached hydrogens (tertiary/aromatic N) is 2. The van der Waals surface area contributed by atoms with Crippen molar-refractivity contribution < 1.29 is 9.59 Å². The van der Waals surface area contributed by atoms with Crippen molar-refractivity contribution in [2.75, 3.05) is 0 Å². The molecule has 23 heavy (non-hydrogen) atoms. The molecule has 114 valence electrons. The smallest absolute Gasteiger partial charge is 0.267 e. The second-order valence-electron chi connectivity index (χ2n) is 5.39. The number of carbonyl (C=O) groups excluding carboxylic acids is 2. The van der Waals surface area contributed by atoms with E-state index in [0.29, 0.717) is 16.8 Å². The molecule has 0 atom stereocenters. The molecule has 2 aromatic rings. The molecule has 0 aliphatic carbocycles. The highest BCUT2D eigenvalue weighted by atomic mass is 16.2. The Hall–Kier alpha value is -3.01. The SMILES string of the molecule is CC1=NN(C(=O)c2ccccc2)C(=O)/C1=C/c1ccccc1C. The molecule has 3 rings (SSSR count). The topological polar surface area (TPSA) is 49.7 Å². The second kappa shape index (κ2) is 6.01. The van der Waals surface area contributed by atoms with Gasteiger partial charge in [-0.3, -0.25) is 9.59 Å². The number of hydrogen-bond acceptors (Lipinski definition) is 3. The zero-order valence-corrected chi connectivity index (χ0v) is 13.0. The molecule has 1 heterocycles. The number of imide groups is 1. The summed E-state index contributed by atoms with van der Waals surface area (Å²) in [5, 5.41) is 5.07. The van der Waals surface area contributed by atoms with Gasteiger partial charge >= 0.3 is 0 Å². The standard InChI is InChI=1S/C19H16N2O2/c1-13-8-6-7-11-16(13)12-17-14(2)20-21(19(17)23)18(22)15-9-4-3-5-10-15/h3-12H,1-2H3/b17-12+. The highest BCUT2D eigenvalue weighted by molar-refractivity contribution is 6.30. The van der Waals surface area contributed by atoms with Crippen LogP contribution in [0.15, 0.2) is 65.3 Å². The summed E-state index contributed by atoms with van der Waals surface area (Å²) in [5.41, 5.74) is 3.44. The zero-order chi connectivity index (χ0) is 16.4. The van der Waals surface area contributed by atoms with Gasteiger partial charge in [-0.15, -0.1) is 0 Å². The summed E-state index contributed by atoms with van der Waals surface area (Å²) in [6.07, 6.45) is 1.79. The molecule has 0 N–H and O–H groups in total. The predicted octanol–water partition coefficient (Wildman–Crippen LogP) is 3.44. The van der Waals surface area contributed by atoms with E-state index in [2.05, 4.69) is 5.10 Å². The molecule has 2 amide bonds. The van der Waals surface area contributed by atoms with Gasteiger partial charge in [0.15, 0.2) is 0 Å². The van der Waals surface area contributed by atoms with E-state index in [4.69, 9.17) is 0 Å². The maximum absolute atomic E-state index is 12.6. The van der Waals surface area contributed by atoms with Crippen LogP contribution < -0.4 is 0 Å². The normalized spacial score (nSPS) is 15.9. The lowest BCUT2D eigenvalue weighted by Crippen LogP contribution is -2.29. The molecule has 0 saturated heterocycles. The van der Waals surface area contributed by atoms with E-state index in [9.17, 15) is 9.59 Å². The Bertz CT molecular complexity index is 835. The van der Waals surface area contributed by atoms with Crippen LogP contribution in [0.1, 0.15) is 28.4 Å². The van der Waals surface area contributed by atoms with Gasteiger partial charge in [0.1, 0.15) is 0 Å². The molecule has 0 aromatic heterocycles. The van der Waals surface area contributed by atoms with Crippen LogP contribution >= 0.6 is 0 Å². The van der Waals surface area contributed by atoms with Crippen molar-refractivity contribution >= 4 is 23.6 Å². The van der Waals surface area contributed by atoms with Gasteiger partial charge < -0.3 is 0 Å². The fourth-order valence-electron chi connectivity index (χ4n) is 2.43. The Morgan fingerprint density at radius 2 is 1.65 bits per heavy atom. The van der Waals surface area contributed by atoms with Gasteiger partial charge in [0, 0.05) is 5.56 Å². The van der Waals surface area contributed by atoms with Gasteiger partial charge in [0.2, 0.25) is 0 Å². The van der Waals surface area contributed by atoms with Crippen molar-refractivity contribution in [1.82, 2.24) is 5.01 Å². The zero-order valence-electron chi connectivity index (χ0n) is 13.0. The summed E-state index contributed by atoms with van der Waals surface area (Å²) in [5.74, 6) is -0.803. The summed E-state index contributed by atoms with van der Waals surface area (Å²) in [4.78, 5) is 25.0. The molecule has 4 heteroatoms. The van der Waals surface area contributed by atoms with Crippen LogP contribution in [-0.2, 0) is 4.79 Å².